The van der Waals surface area contributed by atoms with E-state index < -0.39 is 5.97 Å². The molecule has 0 saturated heterocycles. The van der Waals surface area contributed by atoms with Gasteiger partial charge in [0.25, 0.3) is 0 Å². The summed E-state index contributed by atoms with van der Waals surface area (Å²) in [6.45, 7) is 0.397. The van der Waals surface area contributed by atoms with E-state index in [-0.39, 0.29) is 17.5 Å². The second kappa shape index (κ2) is 4.66. The van der Waals surface area contributed by atoms with E-state index in [2.05, 4.69) is 25.9 Å². The van der Waals surface area contributed by atoms with Crippen LogP contribution >= 0.6 is 15.9 Å². The van der Waals surface area contributed by atoms with Crippen LogP contribution in [-0.2, 0) is 0 Å². The van der Waals surface area contributed by atoms with Crippen molar-refractivity contribution < 1.29 is 15.0 Å². The van der Waals surface area contributed by atoms with Gasteiger partial charge in [-0.1, -0.05) is 0 Å². The number of carboxylic acids is 1. The molecule has 0 spiro atoms. The summed E-state index contributed by atoms with van der Waals surface area (Å²) in [5, 5.41) is 19.9. The summed E-state index contributed by atoms with van der Waals surface area (Å²) in [7, 11) is 1.77. The van der Waals surface area contributed by atoms with Crippen LogP contribution < -0.4 is 5.73 Å². The molecule has 2 heterocycles. The Morgan fingerprint density at radius 2 is 2.29 bits per heavy atom. The standard InChI is InChI=1S/C13H13BrN4O3/c1-18-8(4-16-13(18)15)10-5-2-6(14)9(19)3-7(5)17-11(10)12(20)21/h2-3,8,17,19H,4H2,1H3,(H2,15,16)(H,20,21). The quantitative estimate of drug-likeness (QED) is 0.655. The molecule has 2 aromatic rings. The Morgan fingerprint density at radius 1 is 1.57 bits per heavy atom. The van der Waals surface area contributed by atoms with E-state index in [0.29, 0.717) is 28.1 Å². The summed E-state index contributed by atoms with van der Waals surface area (Å²) < 4.78 is 0.502. The van der Waals surface area contributed by atoms with Gasteiger partial charge in [-0.15, -0.1) is 0 Å². The average Bonchev–Trinajstić information content (AvgIpc) is 2.93. The van der Waals surface area contributed by atoms with E-state index >= 15 is 0 Å². The van der Waals surface area contributed by atoms with Gasteiger partial charge in [0.1, 0.15) is 11.4 Å². The third kappa shape index (κ3) is 2.02. The number of likely N-dealkylation sites (N-methyl/N-ethyl adjacent to an activating group) is 1. The van der Waals surface area contributed by atoms with Crippen LogP contribution in [0.2, 0.25) is 0 Å². The van der Waals surface area contributed by atoms with Crippen molar-refractivity contribution >= 4 is 38.8 Å². The van der Waals surface area contributed by atoms with Crippen LogP contribution in [0.25, 0.3) is 10.9 Å². The summed E-state index contributed by atoms with van der Waals surface area (Å²) in [5.41, 5.74) is 7.03. The first-order valence-electron chi connectivity index (χ1n) is 6.20. The topological polar surface area (TPSA) is 115 Å². The van der Waals surface area contributed by atoms with Gasteiger partial charge < -0.3 is 25.8 Å². The maximum atomic E-state index is 11.5. The predicted molar refractivity (Wildman–Crippen MR) is 81.6 cm³/mol. The van der Waals surface area contributed by atoms with E-state index in [0.717, 1.165) is 5.39 Å². The number of fused-ring (bicyclic) bond motifs is 1. The molecule has 3 rings (SSSR count). The highest BCUT2D eigenvalue weighted by atomic mass is 79.9. The molecular formula is C13H13BrN4O3. The molecule has 0 bridgehead atoms. The van der Waals surface area contributed by atoms with Gasteiger partial charge in [0.05, 0.1) is 22.6 Å². The number of guanidine groups is 1. The molecule has 1 aromatic heterocycles. The highest BCUT2D eigenvalue weighted by Gasteiger charge is 2.31. The highest BCUT2D eigenvalue weighted by Crippen LogP contribution is 2.37. The fourth-order valence-electron chi connectivity index (χ4n) is 2.60. The number of halogens is 1. The van der Waals surface area contributed by atoms with Crippen molar-refractivity contribution in [3.8, 4) is 5.75 Å². The number of nitrogens with zero attached hydrogens (tertiary/aromatic N) is 2. The number of phenols is 1. The zero-order chi connectivity index (χ0) is 15.3. The summed E-state index contributed by atoms with van der Waals surface area (Å²) in [6, 6.07) is 2.95. The SMILES string of the molecule is CN1C(N)=NCC1c1c(C(=O)O)[nH]c2cc(O)c(Br)cc12. The lowest BCUT2D eigenvalue weighted by Crippen LogP contribution is -2.32. The lowest BCUT2D eigenvalue weighted by molar-refractivity contribution is 0.0689. The van der Waals surface area contributed by atoms with Gasteiger partial charge >= 0.3 is 5.97 Å². The van der Waals surface area contributed by atoms with Gasteiger partial charge in [-0.25, -0.2) is 4.79 Å². The first-order chi connectivity index (χ1) is 9.90. The smallest absolute Gasteiger partial charge is 0.352 e. The van der Waals surface area contributed by atoms with Crippen LogP contribution in [-0.4, -0.2) is 45.6 Å². The van der Waals surface area contributed by atoms with Crippen LogP contribution in [0.4, 0.5) is 0 Å². The number of H-pyrrole nitrogens is 1. The Labute approximate surface area is 128 Å². The minimum absolute atomic E-state index is 0.0442. The highest BCUT2D eigenvalue weighted by molar-refractivity contribution is 9.10. The van der Waals surface area contributed by atoms with E-state index in [1.807, 2.05) is 0 Å². The van der Waals surface area contributed by atoms with Crippen molar-refractivity contribution in [1.82, 2.24) is 9.88 Å². The van der Waals surface area contributed by atoms with Gasteiger partial charge in [0, 0.05) is 24.1 Å². The Morgan fingerprint density at radius 3 is 2.86 bits per heavy atom. The number of nitrogens with one attached hydrogen (secondary N) is 1. The number of aromatic carboxylic acids is 1. The molecule has 0 fully saturated rings. The first kappa shape index (κ1) is 13.7. The summed E-state index contributed by atoms with van der Waals surface area (Å²) in [5.74, 6) is -0.637. The molecule has 21 heavy (non-hydrogen) atoms. The fourth-order valence-corrected chi connectivity index (χ4v) is 2.94. The van der Waals surface area contributed by atoms with E-state index in [1.54, 1.807) is 18.0 Å². The Kier molecular flexibility index (Phi) is 3.05. The van der Waals surface area contributed by atoms with Crippen LogP contribution in [0, 0.1) is 0 Å². The second-order valence-corrected chi connectivity index (χ2v) is 5.75. The number of phenolic OH excluding ortho intramolecular Hbond substituents is 1. The summed E-state index contributed by atoms with van der Waals surface area (Å²) in [4.78, 5) is 20.3. The predicted octanol–water partition coefficient (Wildman–Crippen LogP) is 1.64. The molecule has 1 unspecified atom stereocenters. The number of nitrogens with two attached hydrogens (primary N) is 1. The molecule has 1 aliphatic rings. The van der Waals surface area contributed by atoms with Gasteiger partial charge in [-0.2, -0.15) is 0 Å². The molecule has 0 saturated carbocycles. The Balaban J connectivity index is 2.26. The molecule has 110 valence electrons. The number of carboxylic acid groups (broad SMARTS) is 1. The Hall–Kier alpha value is -2.22. The molecule has 0 aliphatic carbocycles. The number of aromatic hydroxyl groups is 1. The number of aromatic amines is 1. The maximum absolute atomic E-state index is 11.5. The van der Waals surface area contributed by atoms with E-state index in [1.165, 1.54) is 6.07 Å². The van der Waals surface area contributed by atoms with Gasteiger partial charge in [0.2, 0.25) is 0 Å². The average molecular weight is 353 g/mol. The third-order valence-electron chi connectivity index (χ3n) is 3.71. The molecule has 0 amide bonds. The monoisotopic (exact) mass is 352 g/mol. The maximum Gasteiger partial charge on any atom is 0.352 e. The van der Waals surface area contributed by atoms with Crippen molar-refractivity contribution in [2.75, 3.05) is 13.6 Å². The van der Waals surface area contributed by atoms with Crippen LogP contribution in [0.5, 0.6) is 5.75 Å². The number of hydrogen-bond donors (Lipinski definition) is 4. The van der Waals surface area contributed by atoms with Gasteiger partial charge in [-0.3, -0.25) is 4.99 Å². The number of aromatic nitrogens is 1. The number of hydrogen-bond acceptors (Lipinski definition) is 5. The molecule has 0 radical (unpaired) electrons. The van der Waals surface area contributed by atoms with Crippen LogP contribution in [0.3, 0.4) is 0 Å². The van der Waals surface area contributed by atoms with Crippen molar-refractivity contribution in [3.63, 3.8) is 0 Å². The zero-order valence-corrected chi connectivity index (χ0v) is 12.7. The normalized spacial score (nSPS) is 18.3. The van der Waals surface area contributed by atoms with Crippen LogP contribution in [0.1, 0.15) is 22.1 Å². The Bertz CT molecular complexity index is 783. The van der Waals surface area contributed by atoms with Gasteiger partial charge in [-0.05, 0) is 22.0 Å². The second-order valence-electron chi connectivity index (χ2n) is 4.89. The number of aliphatic imine (C=N–C) groups is 1. The lowest BCUT2D eigenvalue weighted by Gasteiger charge is -2.21. The van der Waals surface area contributed by atoms with Gasteiger partial charge in [0.15, 0.2) is 5.96 Å². The number of benzene rings is 1. The molecular weight excluding hydrogens is 340 g/mol. The summed E-state index contributed by atoms with van der Waals surface area (Å²) in [6.07, 6.45) is 0. The first-order valence-corrected chi connectivity index (χ1v) is 6.99. The van der Waals surface area contributed by atoms with Crippen LogP contribution in [0.15, 0.2) is 21.6 Å². The number of carbonyl (C=O) groups is 1. The molecule has 8 heteroatoms. The van der Waals surface area contributed by atoms with Crippen molar-refractivity contribution in [3.05, 3.63) is 27.9 Å². The van der Waals surface area contributed by atoms with E-state index in [9.17, 15) is 15.0 Å². The molecule has 1 aromatic carbocycles. The lowest BCUT2D eigenvalue weighted by atomic mass is 10.0. The van der Waals surface area contributed by atoms with Crippen molar-refractivity contribution in [2.24, 2.45) is 10.7 Å². The third-order valence-corrected chi connectivity index (χ3v) is 4.34. The largest absolute Gasteiger partial charge is 0.507 e. The van der Waals surface area contributed by atoms with Crippen molar-refractivity contribution in [1.29, 1.82) is 0 Å². The van der Waals surface area contributed by atoms with E-state index in [4.69, 9.17) is 5.73 Å². The fraction of sp³-hybridized carbons (Fsp3) is 0.231. The molecule has 7 nitrogen and oxygen atoms in total. The number of rotatable bonds is 2. The molecule has 5 N–H and O–H groups in total. The molecule has 1 atom stereocenters. The molecule has 1 aliphatic heterocycles. The summed E-state index contributed by atoms with van der Waals surface area (Å²) >= 11 is 3.25. The van der Waals surface area contributed by atoms with Crippen molar-refractivity contribution in [2.45, 2.75) is 6.04 Å². The zero-order valence-electron chi connectivity index (χ0n) is 11.1. The minimum Gasteiger partial charge on any atom is -0.507 e. The minimum atomic E-state index is -1.06.